The number of aliphatic hydroxyl groups excluding tert-OH is 1. The van der Waals surface area contributed by atoms with Crippen LogP contribution in [0.2, 0.25) is 0 Å². The normalized spacial score (nSPS) is 13.7. The molecule has 0 aliphatic heterocycles. The number of aromatic nitrogens is 1. The number of halogens is 1. The van der Waals surface area contributed by atoms with Gasteiger partial charge in [-0.1, -0.05) is 28.1 Å². The van der Waals surface area contributed by atoms with Gasteiger partial charge in [-0.05, 0) is 38.5 Å². The maximum atomic E-state index is 9.73. The third-order valence-electron chi connectivity index (χ3n) is 3.58. The minimum Gasteiger partial charge on any atom is -0.392 e. The molecule has 0 aliphatic rings. The van der Waals surface area contributed by atoms with Crippen molar-refractivity contribution in [2.45, 2.75) is 39.0 Å². The van der Waals surface area contributed by atoms with E-state index >= 15 is 0 Å². The van der Waals surface area contributed by atoms with Gasteiger partial charge in [0.15, 0.2) is 0 Å². The van der Waals surface area contributed by atoms with Crippen molar-refractivity contribution in [1.29, 1.82) is 0 Å². The van der Waals surface area contributed by atoms with Crippen molar-refractivity contribution in [1.82, 2.24) is 10.3 Å². The molecule has 0 spiro atoms. The number of pyridine rings is 1. The van der Waals surface area contributed by atoms with Crippen molar-refractivity contribution in [3.05, 3.63) is 40.5 Å². The lowest BCUT2D eigenvalue weighted by Gasteiger charge is -2.29. The van der Waals surface area contributed by atoms with Crippen molar-refractivity contribution >= 4 is 26.8 Å². The summed E-state index contributed by atoms with van der Waals surface area (Å²) in [5, 5.41) is 14.2. The van der Waals surface area contributed by atoms with E-state index in [1.165, 1.54) is 0 Å². The van der Waals surface area contributed by atoms with Gasteiger partial charge in [0, 0.05) is 28.1 Å². The Morgan fingerprint density at radius 1 is 1.37 bits per heavy atom. The van der Waals surface area contributed by atoms with Crippen LogP contribution in [0.5, 0.6) is 0 Å². The lowest BCUT2D eigenvalue weighted by atomic mass is 9.98. The molecule has 0 saturated heterocycles. The molecule has 1 atom stereocenters. The molecule has 0 amide bonds. The monoisotopic (exact) mass is 322 g/mol. The second-order valence-corrected chi connectivity index (χ2v) is 6.21. The zero-order valence-electron chi connectivity index (χ0n) is 11.4. The van der Waals surface area contributed by atoms with Crippen LogP contribution in [0.4, 0.5) is 0 Å². The number of fused-ring (bicyclic) bond motifs is 1. The summed E-state index contributed by atoms with van der Waals surface area (Å²) in [6.07, 6.45) is 1.39. The highest BCUT2D eigenvalue weighted by Crippen LogP contribution is 2.25. The topological polar surface area (TPSA) is 45.1 Å². The molecule has 0 radical (unpaired) electrons. The molecule has 0 saturated carbocycles. The summed E-state index contributed by atoms with van der Waals surface area (Å²) in [6, 6.07) is 8.08. The Morgan fingerprint density at radius 2 is 2.11 bits per heavy atom. The lowest BCUT2D eigenvalue weighted by Crippen LogP contribution is -2.47. The average Bonchev–Trinajstić information content (AvgIpc) is 2.38. The number of nitrogens with one attached hydrogen (secondary N) is 1. The number of hydrogen-bond donors (Lipinski definition) is 2. The number of hydrogen-bond acceptors (Lipinski definition) is 3. The van der Waals surface area contributed by atoms with E-state index in [0.717, 1.165) is 20.9 Å². The molecule has 2 rings (SSSR count). The molecular formula is C15H19BrN2O. The van der Waals surface area contributed by atoms with Crippen LogP contribution in [0.3, 0.4) is 0 Å². The highest BCUT2D eigenvalue weighted by molar-refractivity contribution is 9.10. The average molecular weight is 323 g/mol. The first kappa shape index (κ1) is 14.4. The van der Waals surface area contributed by atoms with E-state index in [0.29, 0.717) is 6.54 Å². The quantitative estimate of drug-likeness (QED) is 0.908. The van der Waals surface area contributed by atoms with Crippen LogP contribution in [0.15, 0.2) is 34.9 Å². The van der Waals surface area contributed by atoms with Crippen LogP contribution in [0.1, 0.15) is 26.3 Å². The van der Waals surface area contributed by atoms with Gasteiger partial charge in [0.2, 0.25) is 0 Å². The molecule has 2 N–H and O–H groups in total. The zero-order valence-corrected chi connectivity index (χ0v) is 13.0. The van der Waals surface area contributed by atoms with E-state index in [9.17, 15) is 5.11 Å². The first-order valence-electron chi connectivity index (χ1n) is 6.37. The Kier molecular flexibility index (Phi) is 4.23. The first-order valence-corrected chi connectivity index (χ1v) is 7.16. The molecule has 1 heterocycles. The molecule has 0 aliphatic carbocycles. The van der Waals surface area contributed by atoms with E-state index in [2.05, 4.69) is 38.4 Å². The zero-order chi connectivity index (χ0) is 14.0. The number of benzene rings is 1. The molecule has 1 aromatic carbocycles. The number of rotatable bonds is 4. The Bertz CT molecular complexity index is 581. The Morgan fingerprint density at radius 3 is 2.79 bits per heavy atom. The molecule has 2 aromatic rings. The van der Waals surface area contributed by atoms with Gasteiger partial charge < -0.3 is 10.4 Å². The van der Waals surface area contributed by atoms with Crippen molar-refractivity contribution in [3.8, 4) is 0 Å². The maximum Gasteiger partial charge on any atom is 0.0758 e. The fourth-order valence-electron chi connectivity index (χ4n) is 1.81. The van der Waals surface area contributed by atoms with Crippen LogP contribution in [-0.2, 0) is 6.54 Å². The van der Waals surface area contributed by atoms with E-state index in [4.69, 9.17) is 0 Å². The van der Waals surface area contributed by atoms with Crippen molar-refractivity contribution in [2.24, 2.45) is 0 Å². The van der Waals surface area contributed by atoms with Gasteiger partial charge in [-0.2, -0.15) is 0 Å². The van der Waals surface area contributed by atoms with Crippen molar-refractivity contribution in [2.75, 3.05) is 0 Å². The predicted octanol–water partition coefficient (Wildman–Crippen LogP) is 3.25. The lowest BCUT2D eigenvalue weighted by molar-refractivity contribution is 0.0957. The van der Waals surface area contributed by atoms with E-state index < -0.39 is 6.10 Å². The molecule has 1 unspecified atom stereocenters. The number of nitrogens with zero attached hydrogens (tertiary/aromatic N) is 1. The van der Waals surface area contributed by atoms with Gasteiger partial charge in [-0.15, -0.1) is 0 Å². The Hall–Kier alpha value is -0.970. The predicted molar refractivity (Wildman–Crippen MR) is 82.0 cm³/mol. The molecule has 1 aromatic heterocycles. The van der Waals surface area contributed by atoms with Crippen molar-refractivity contribution in [3.63, 3.8) is 0 Å². The highest BCUT2D eigenvalue weighted by Gasteiger charge is 2.23. The van der Waals surface area contributed by atoms with E-state index in [1.54, 1.807) is 13.1 Å². The van der Waals surface area contributed by atoms with E-state index in [1.807, 2.05) is 26.0 Å². The van der Waals surface area contributed by atoms with Gasteiger partial charge in [0.05, 0.1) is 11.6 Å². The molecule has 102 valence electrons. The summed E-state index contributed by atoms with van der Waals surface area (Å²) in [7, 11) is 0. The van der Waals surface area contributed by atoms with Gasteiger partial charge in [-0.3, -0.25) is 4.98 Å². The van der Waals surface area contributed by atoms with Crippen LogP contribution >= 0.6 is 15.9 Å². The fourth-order valence-corrected chi connectivity index (χ4v) is 2.26. The molecule has 19 heavy (non-hydrogen) atoms. The van der Waals surface area contributed by atoms with Crippen LogP contribution in [0, 0.1) is 0 Å². The Labute approximate surface area is 122 Å². The highest BCUT2D eigenvalue weighted by atomic mass is 79.9. The summed E-state index contributed by atoms with van der Waals surface area (Å²) in [5.41, 5.74) is 1.80. The molecule has 0 bridgehead atoms. The summed E-state index contributed by atoms with van der Waals surface area (Å²) in [4.78, 5) is 4.46. The van der Waals surface area contributed by atoms with Gasteiger partial charge in [0.25, 0.3) is 0 Å². The Balaban J connectivity index is 2.29. The van der Waals surface area contributed by atoms with Crippen molar-refractivity contribution < 1.29 is 5.11 Å². The number of aliphatic hydroxyl groups is 1. The van der Waals surface area contributed by atoms with Crippen LogP contribution < -0.4 is 5.32 Å². The van der Waals surface area contributed by atoms with E-state index in [-0.39, 0.29) is 5.54 Å². The summed E-state index contributed by atoms with van der Waals surface area (Å²) < 4.78 is 1.05. The van der Waals surface area contributed by atoms with Crippen LogP contribution in [-0.4, -0.2) is 21.7 Å². The van der Waals surface area contributed by atoms with Gasteiger partial charge >= 0.3 is 0 Å². The summed E-state index contributed by atoms with van der Waals surface area (Å²) >= 11 is 3.54. The minimum atomic E-state index is -0.415. The maximum absolute atomic E-state index is 9.73. The van der Waals surface area contributed by atoms with Gasteiger partial charge in [-0.25, -0.2) is 0 Å². The summed E-state index contributed by atoms with van der Waals surface area (Å²) in [6.45, 7) is 6.46. The molecular weight excluding hydrogens is 304 g/mol. The largest absolute Gasteiger partial charge is 0.392 e. The van der Waals surface area contributed by atoms with Gasteiger partial charge in [0.1, 0.15) is 0 Å². The van der Waals surface area contributed by atoms with Crippen LogP contribution in [0.25, 0.3) is 10.9 Å². The fraction of sp³-hybridized carbons (Fsp3) is 0.400. The third-order valence-corrected chi connectivity index (χ3v) is 4.27. The SMILES string of the molecule is CC(O)C(C)(C)NCc1ccc(Br)c2cccnc12. The second-order valence-electron chi connectivity index (χ2n) is 5.36. The standard InChI is InChI=1S/C15H19BrN2O/c1-10(19)15(2,3)18-9-11-6-7-13(16)12-5-4-8-17-14(11)12/h4-8,10,18-19H,9H2,1-3H3. The molecule has 4 heteroatoms. The molecule has 0 fully saturated rings. The smallest absolute Gasteiger partial charge is 0.0758 e. The first-order chi connectivity index (χ1) is 8.92. The second kappa shape index (κ2) is 5.57. The molecule has 3 nitrogen and oxygen atoms in total. The third kappa shape index (κ3) is 3.14. The minimum absolute atomic E-state index is 0.325. The summed E-state index contributed by atoms with van der Waals surface area (Å²) in [5.74, 6) is 0.